The molecular weight excluding hydrogens is 188 g/mol. The molecule has 0 spiro atoms. The van der Waals surface area contributed by atoms with Crippen molar-refractivity contribution in [3.8, 4) is 0 Å². The molecule has 3 nitrogen and oxygen atoms in total. The van der Waals surface area contributed by atoms with Gasteiger partial charge in [0.2, 0.25) is 0 Å². The Morgan fingerprint density at radius 1 is 1.62 bits per heavy atom. The van der Waals surface area contributed by atoms with Crippen LogP contribution >= 0.6 is 11.6 Å². The molecular formula is C9H11ClN2O. The minimum Gasteiger partial charge on any atom is -0.387 e. The van der Waals surface area contributed by atoms with Gasteiger partial charge in [-0.25, -0.2) is 4.98 Å². The summed E-state index contributed by atoms with van der Waals surface area (Å²) in [6.07, 6.45) is 2.22. The van der Waals surface area contributed by atoms with Crippen molar-refractivity contribution in [3.63, 3.8) is 0 Å². The lowest BCUT2D eigenvalue weighted by Crippen LogP contribution is -2.60. The number of nitrogens with one attached hydrogen (secondary N) is 1. The van der Waals surface area contributed by atoms with E-state index in [0.29, 0.717) is 24.7 Å². The Morgan fingerprint density at radius 3 is 2.92 bits per heavy atom. The summed E-state index contributed by atoms with van der Waals surface area (Å²) in [5.41, 5.74) is 0.292. The fourth-order valence-corrected chi connectivity index (χ4v) is 1.63. The second-order valence-corrected chi connectivity index (χ2v) is 3.82. The molecule has 1 aromatic rings. The first kappa shape index (κ1) is 8.94. The molecule has 2 rings (SSSR count). The molecule has 1 aliphatic rings. The lowest BCUT2D eigenvalue weighted by Gasteiger charge is -2.37. The van der Waals surface area contributed by atoms with Gasteiger partial charge in [0.25, 0.3) is 0 Å². The Morgan fingerprint density at radius 2 is 2.38 bits per heavy atom. The molecule has 0 unspecified atom stereocenters. The topological polar surface area (TPSA) is 45.2 Å². The van der Waals surface area contributed by atoms with Gasteiger partial charge >= 0.3 is 0 Å². The van der Waals surface area contributed by atoms with E-state index in [-0.39, 0.29) is 0 Å². The van der Waals surface area contributed by atoms with Crippen LogP contribution in [0.3, 0.4) is 0 Å². The van der Waals surface area contributed by atoms with Crippen LogP contribution in [0.25, 0.3) is 0 Å². The lowest BCUT2D eigenvalue weighted by molar-refractivity contribution is -0.00906. The van der Waals surface area contributed by atoms with Crippen molar-refractivity contribution in [2.75, 3.05) is 13.1 Å². The SMILES string of the molecule is OC1(Cc2cccnc2Cl)CNC1. The van der Waals surface area contributed by atoms with Crippen LogP contribution in [0.2, 0.25) is 5.15 Å². The average Bonchev–Trinajstić information content (AvgIpc) is 2.06. The predicted molar refractivity (Wildman–Crippen MR) is 50.8 cm³/mol. The lowest BCUT2D eigenvalue weighted by atomic mass is 9.90. The first-order valence-electron chi connectivity index (χ1n) is 4.22. The van der Waals surface area contributed by atoms with Crippen molar-refractivity contribution in [2.24, 2.45) is 0 Å². The van der Waals surface area contributed by atoms with Gasteiger partial charge in [-0.05, 0) is 11.6 Å². The van der Waals surface area contributed by atoms with Crippen molar-refractivity contribution in [1.82, 2.24) is 10.3 Å². The van der Waals surface area contributed by atoms with E-state index in [1.165, 1.54) is 0 Å². The summed E-state index contributed by atoms with van der Waals surface area (Å²) >= 11 is 5.87. The zero-order valence-corrected chi connectivity index (χ0v) is 7.88. The van der Waals surface area contributed by atoms with Gasteiger partial charge in [-0.15, -0.1) is 0 Å². The van der Waals surface area contributed by atoms with Crippen LogP contribution < -0.4 is 5.32 Å². The standard InChI is InChI=1S/C9H11ClN2O/c10-8-7(2-1-3-12-8)4-9(13)5-11-6-9/h1-3,11,13H,4-6H2. The van der Waals surface area contributed by atoms with Crippen molar-refractivity contribution in [3.05, 3.63) is 29.0 Å². The summed E-state index contributed by atoms with van der Waals surface area (Å²) < 4.78 is 0. The predicted octanol–water partition coefficient (Wildman–Crippen LogP) is 0.612. The Labute approximate surface area is 81.8 Å². The molecule has 0 atom stereocenters. The minimum atomic E-state index is -0.618. The van der Waals surface area contributed by atoms with Crippen LogP contribution in [-0.2, 0) is 6.42 Å². The van der Waals surface area contributed by atoms with E-state index in [1.54, 1.807) is 6.20 Å². The summed E-state index contributed by atoms with van der Waals surface area (Å²) in [5.74, 6) is 0. The third-order valence-corrected chi connectivity index (χ3v) is 2.60. The van der Waals surface area contributed by atoms with E-state index in [9.17, 15) is 5.11 Å². The molecule has 1 fully saturated rings. The number of aliphatic hydroxyl groups is 1. The number of rotatable bonds is 2. The summed E-state index contributed by atoms with van der Waals surface area (Å²) in [5, 5.41) is 13.4. The zero-order valence-electron chi connectivity index (χ0n) is 7.13. The maximum atomic E-state index is 9.84. The molecule has 0 saturated carbocycles. The zero-order chi connectivity index (χ0) is 9.31. The number of halogens is 1. The maximum absolute atomic E-state index is 9.84. The van der Waals surface area contributed by atoms with Gasteiger partial charge in [0.15, 0.2) is 0 Å². The number of hydrogen-bond donors (Lipinski definition) is 2. The molecule has 0 bridgehead atoms. The molecule has 1 aromatic heterocycles. The molecule has 2 N–H and O–H groups in total. The highest BCUT2D eigenvalue weighted by Crippen LogP contribution is 2.21. The van der Waals surface area contributed by atoms with Crippen LogP contribution in [-0.4, -0.2) is 28.8 Å². The number of aromatic nitrogens is 1. The number of pyridine rings is 1. The summed E-state index contributed by atoms with van der Waals surface area (Å²) in [4.78, 5) is 3.96. The number of nitrogens with zero attached hydrogens (tertiary/aromatic N) is 1. The van der Waals surface area contributed by atoms with Crippen LogP contribution in [0.4, 0.5) is 0 Å². The highest BCUT2D eigenvalue weighted by molar-refractivity contribution is 6.30. The van der Waals surface area contributed by atoms with Crippen molar-refractivity contribution in [1.29, 1.82) is 0 Å². The summed E-state index contributed by atoms with van der Waals surface area (Å²) in [6, 6.07) is 3.72. The third kappa shape index (κ3) is 1.82. The summed E-state index contributed by atoms with van der Waals surface area (Å²) in [6.45, 7) is 1.27. The second-order valence-electron chi connectivity index (χ2n) is 3.46. The van der Waals surface area contributed by atoms with Crippen molar-refractivity contribution in [2.45, 2.75) is 12.0 Å². The number of β-amino-alcohol motifs (C(OH)–C–C–N with tert-alkyl or cyclic N) is 1. The van der Waals surface area contributed by atoms with Crippen LogP contribution in [0.5, 0.6) is 0 Å². The van der Waals surface area contributed by atoms with E-state index in [1.807, 2.05) is 12.1 Å². The highest BCUT2D eigenvalue weighted by Gasteiger charge is 2.34. The molecule has 70 valence electrons. The maximum Gasteiger partial charge on any atom is 0.132 e. The van der Waals surface area contributed by atoms with Gasteiger partial charge in [-0.1, -0.05) is 17.7 Å². The van der Waals surface area contributed by atoms with E-state index in [0.717, 1.165) is 5.56 Å². The Hall–Kier alpha value is -0.640. The Balaban J connectivity index is 2.13. The third-order valence-electron chi connectivity index (χ3n) is 2.26. The van der Waals surface area contributed by atoms with Gasteiger partial charge in [0.1, 0.15) is 5.15 Å². The van der Waals surface area contributed by atoms with E-state index < -0.39 is 5.60 Å². The molecule has 0 radical (unpaired) electrons. The normalized spacial score (nSPS) is 19.5. The number of hydrogen-bond acceptors (Lipinski definition) is 3. The monoisotopic (exact) mass is 198 g/mol. The Bertz CT molecular complexity index is 312. The molecule has 0 aromatic carbocycles. The smallest absolute Gasteiger partial charge is 0.132 e. The largest absolute Gasteiger partial charge is 0.387 e. The summed E-state index contributed by atoms with van der Waals surface area (Å²) in [7, 11) is 0. The quantitative estimate of drug-likeness (QED) is 0.685. The van der Waals surface area contributed by atoms with E-state index >= 15 is 0 Å². The molecule has 4 heteroatoms. The van der Waals surface area contributed by atoms with E-state index in [4.69, 9.17) is 11.6 Å². The first-order valence-corrected chi connectivity index (χ1v) is 4.60. The molecule has 13 heavy (non-hydrogen) atoms. The molecule has 1 aliphatic heterocycles. The van der Waals surface area contributed by atoms with E-state index in [2.05, 4.69) is 10.3 Å². The van der Waals surface area contributed by atoms with Crippen LogP contribution in [0.15, 0.2) is 18.3 Å². The molecule has 2 heterocycles. The first-order chi connectivity index (χ1) is 6.20. The Kier molecular flexibility index (Phi) is 2.24. The van der Waals surface area contributed by atoms with Crippen LogP contribution in [0.1, 0.15) is 5.56 Å². The van der Waals surface area contributed by atoms with Crippen molar-refractivity contribution >= 4 is 11.6 Å². The minimum absolute atomic E-state index is 0.489. The highest BCUT2D eigenvalue weighted by atomic mass is 35.5. The average molecular weight is 199 g/mol. The molecule has 1 saturated heterocycles. The van der Waals surface area contributed by atoms with Gasteiger partial charge < -0.3 is 10.4 Å². The van der Waals surface area contributed by atoms with Gasteiger partial charge in [-0.2, -0.15) is 0 Å². The van der Waals surface area contributed by atoms with Crippen molar-refractivity contribution < 1.29 is 5.11 Å². The fourth-order valence-electron chi connectivity index (χ4n) is 1.44. The fraction of sp³-hybridized carbons (Fsp3) is 0.444. The van der Waals surface area contributed by atoms with Gasteiger partial charge in [-0.3, -0.25) is 0 Å². The van der Waals surface area contributed by atoms with Gasteiger partial charge in [0.05, 0.1) is 5.60 Å². The van der Waals surface area contributed by atoms with Gasteiger partial charge in [0, 0.05) is 25.7 Å². The second kappa shape index (κ2) is 3.25. The van der Waals surface area contributed by atoms with Crippen LogP contribution in [0, 0.1) is 0 Å². The molecule has 0 aliphatic carbocycles. The molecule has 0 amide bonds.